The fourth-order valence-electron chi connectivity index (χ4n) is 2.52. The predicted octanol–water partition coefficient (Wildman–Crippen LogP) is 1.04. The van der Waals surface area contributed by atoms with Gasteiger partial charge in [0.25, 0.3) is 0 Å². The highest BCUT2D eigenvalue weighted by atomic mass is 16.5. The molecule has 22 heavy (non-hydrogen) atoms. The minimum atomic E-state index is -1.44. The van der Waals surface area contributed by atoms with Crippen molar-refractivity contribution in [3.05, 3.63) is 41.5 Å². The summed E-state index contributed by atoms with van der Waals surface area (Å²) in [6.45, 7) is 0. The van der Waals surface area contributed by atoms with Crippen molar-refractivity contribution in [2.24, 2.45) is 0 Å². The molecule has 1 heterocycles. The number of aliphatic hydroxyl groups excluding tert-OH is 2. The van der Waals surface area contributed by atoms with E-state index in [4.69, 9.17) is 4.74 Å². The monoisotopic (exact) mass is 306 g/mol. The molecule has 0 saturated heterocycles. The van der Waals surface area contributed by atoms with E-state index in [-0.39, 0.29) is 22.8 Å². The number of benzene rings is 2. The highest BCUT2D eigenvalue weighted by Gasteiger charge is 2.39. The highest BCUT2D eigenvalue weighted by molar-refractivity contribution is 5.53. The third-order valence-corrected chi connectivity index (χ3v) is 3.62. The Bertz CT molecular complexity index is 728. The lowest BCUT2D eigenvalue weighted by atomic mass is 9.91. The van der Waals surface area contributed by atoms with Gasteiger partial charge in [0.15, 0.2) is 17.6 Å². The van der Waals surface area contributed by atoms with Crippen molar-refractivity contribution < 1.29 is 35.4 Å². The number of phenolic OH excluding ortho intramolecular Hbond substituents is 4. The first-order chi connectivity index (χ1) is 10.4. The molecule has 3 atom stereocenters. The predicted molar refractivity (Wildman–Crippen MR) is 73.9 cm³/mol. The van der Waals surface area contributed by atoms with Crippen LogP contribution in [0.4, 0.5) is 0 Å². The maximum absolute atomic E-state index is 10.2. The lowest BCUT2D eigenvalue weighted by Crippen LogP contribution is -2.34. The van der Waals surface area contributed by atoms with Crippen molar-refractivity contribution in [3.63, 3.8) is 0 Å². The van der Waals surface area contributed by atoms with E-state index in [2.05, 4.69) is 0 Å². The minimum absolute atomic E-state index is 0.0212. The summed E-state index contributed by atoms with van der Waals surface area (Å²) in [7, 11) is 0. The summed E-state index contributed by atoms with van der Waals surface area (Å²) in [4.78, 5) is 0. The molecule has 1 aliphatic heterocycles. The maximum Gasteiger partial charge on any atom is 0.157 e. The van der Waals surface area contributed by atoms with Crippen molar-refractivity contribution in [1.29, 1.82) is 0 Å². The van der Waals surface area contributed by atoms with E-state index in [9.17, 15) is 30.6 Å². The van der Waals surface area contributed by atoms with Gasteiger partial charge in [-0.15, -0.1) is 0 Å². The summed E-state index contributed by atoms with van der Waals surface area (Å²) in [5.41, 5.74) is 0.292. The van der Waals surface area contributed by atoms with Crippen LogP contribution in [0.25, 0.3) is 0 Å². The zero-order valence-electron chi connectivity index (χ0n) is 11.2. The van der Waals surface area contributed by atoms with Gasteiger partial charge < -0.3 is 35.4 Å². The molecule has 0 aromatic heterocycles. The van der Waals surface area contributed by atoms with Crippen LogP contribution in [0, 0.1) is 0 Å². The van der Waals surface area contributed by atoms with E-state index in [0.717, 1.165) is 6.07 Å². The second-order valence-electron chi connectivity index (χ2n) is 5.10. The fraction of sp³-hybridized carbons (Fsp3) is 0.200. The zero-order valence-corrected chi connectivity index (χ0v) is 11.2. The Kier molecular flexibility index (Phi) is 3.23. The summed E-state index contributed by atoms with van der Waals surface area (Å²) in [5, 5.41) is 58.5. The lowest BCUT2D eigenvalue weighted by molar-refractivity contribution is -0.0711. The molecule has 2 aromatic rings. The Morgan fingerprint density at radius 3 is 2.23 bits per heavy atom. The summed E-state index contributed by atoms with van der Waals surface area (Å²) < 4.78 is 5.53. The van der Waals surface area contributed by atoms with Gasteiger partial charge in [0.1, 0.15) is 29.5 Å². The topological polar surface area (TPSA) is 131 Å². The van der Waals surface area contributed by atoms with E-state index >= 15 is 0 Å². The summed E-state index contributed by atoms with van der Waals surface area (Å²) in [6, 6.07) is 6.08. The smallest absolute Gasteiger partial charge is 0.157 e. The summed E-state index contributed by atoms with van der Waals surface area (Å²) >= 11 is 0. The molecule has 7 heteroatoms. The molecule has 0 bridgehead atoms. The molecule has 0 radical (unpaired) electrons. The van der Waals surface area contributed by atoms with Gasteiger partial charge in [0, 0.05) is 12.1 Å². The van der Waals surface area contributed by atoms with E-state index in [1.807, 2.05) is 0 Å². The summed E-state index contributed by atoms with van der Waals surface area (Å²) in [5.74, 6) is -1.36. The molecule has 0 aliphatic carbocycles. The number of fused-ring (bicyclic) bond motifs is 1. The number of aromatic hydroxyl groups is 4. The van der Waals surface area contributed by atoms with Gasteiger partial charge >= 0.3 is 0 Å². The Morgan fingerprint density at radius 2 is 1.55 bits per heavy atom. The highest BCUT2D eigenvalue weighted by Crippen LogP contribution is 2.47. The quantitative estimate of drug-likeness (QED) is 0.434. The first-order valence-electron chi connectivity index (χ1n) is 6.49. The summed E-state index contributed by atoms with van der Waals surface area (Å²) in [6.07, 6.45) is -3.90. The second kappa shape index (κ2) is 4.97. The van der Waals surface area contributed by atoms with Crippen LogP contribution in [-0.2, 0) is 0 Å². The van der Waals surface area contributed by atoms with Crippen LogP contribution in [0.2, 0.25) is 0 Å². The second-order valence-corrected chi connectivity index (χ2v) is 5.10. The lowest BCUT2D eigenvalue weighted by Gasteiger charge is -2.34. The first kappa shape index (κ1) is 14.3. The minimum Gasteiger partial charge on any atom is -0.508 e. The van der Waals surface area contributed by atoms with Crippen molar-refractivity contribution in [2.75, 3.05) is 0 Å². The maximum atomic E-state index is 10.2. The third-order valence-electron chi connectivity index (χ3n) is 3.62. The van der Waals surface area contributed by atoms with Gasteiger partial charge in [-0.1, -0.05) is 6.07 Å². The molecular formula is C15H14O7. The van der Waals surface area contributed by atoms with Crippen molar-refractivity contribution in [1.82, 2.24) is 0 Å². The standard InChI is InChI=1S/C15H14O7/c16-7-4-10(19)12-11(5-7)22-15(14(21)13(12)20)6-1-2-8(17)9(18)3-6/h1-5,13-21H/t13-,14+,15+/m1/s1. The van der Waals surface area contributed by atoms with Crippen LogP contribution in [-0.4, -0.2) is 36.7 Å². The SMILES string of the molecule is Oc1cc(O)c2c(c1)O[C@@H](c1ccc(O)c(O)c1)[C@@H](O)[C@@H]2O. The average Bonchev–Trinajstić information content (AvgIpc) is 2.45. The van der Waals surface area contributed by atoms with Crippen LogP contribution >= 0.6 is 0 Å². The number of hydrogen-bond acceptors (Lipinski definition) is 7. The van der Waals surface area contributed by atoms with E-state index < -0.39 is 29.8 Å². The molecule has 6 N–H and O–H groups in total. The Balaban J connectivity index is 2.06. The fourth-order valence-corrected chi connectivity index (χ4v) is 2.52. The van der Waals surface area contributed by atoms with Gasteiger partial charge in [0.05, 0.1) is 5.56 Å². The van der Waals surface area contributed by atoms with Crippen LogP contribution < -0.4 is 4.74 Å². The molecule has 0 fully saturated rings. The normalized spacial score (nSPS) is 23.6. The number of hydrogen-bond donors (Lipinski definition) is 6. The Morgan fingerprint density at radius 1 is 0.818 bits per heavy atom. The molecule has 0 amide bonds. The van der Waals surface area contributed by atoms with E-state index in [0.29, 0.717) is 5.56 Å². The Labute approximate surface area is 124 Å². The average molecular weight is 306 g/mol. The molecule has 1 aliphatic rings. The van der Waals surface area contributed by atoms with Gasteiger partial charge in [-0.25, -0.2) is 0 Å². The van der Waals surface area contributed by atoms with Crippen LogP contribution in [0.15, 0.2) is 30.3 Å². The van der Waals surface area contributed by atoms with Gasteiger partial charge in [-0.05, 0) is 17.7 Å². The largest absolute Gasteiger partial charge is 0.508 e. The van der Waals surface area contributed by atoms with Crippen LogP contribution in [0.5, 0.6) is 28.7 Å². The van der Waals surface area contributed by atoms with Crippen molar-refractivity contribution in [3.8, 4) is 28.7 Å². The molecule has 7 nitrogen and oxygen atoms in total. The number of rotatable bonds is 1. The first-order valence-corrected chi connectivity index (χ1v) is 6.49. The van der Waals surface area contributed by atoms with E-state index in [1.165, 1.54) is 24.3 Å². The van der Waals surface area contributed by atoms with Gasteiger partial charge in [-0.3, -0.25) is 0 Å². The molecule has 116 valence electrons. The molecule has 3 rings (SSSR count). The van der Waals surface area contributed by atoms with Crippen LogP contribution in [0.1, 0.15) is 23.3 Å². The number of aliphatic hydroxyl groups is 2. The number of ether oxygens (including phenoxy) is 1. The van der Waals surface area contributed by atoms with Gasteiger partial charge in [-0.2, -0.15) is 0 Å². The Hall–Kier alpha value is -2.64. The van der Waals surface area contributed by atoms with Crippen LogP contribution in [0.3, 0.4) is 0 Å². The molecule has 2 aromatic carbocycles. The van der Waals surface area contributed by atoms with Crippen molar-refractivity contribution in [2.45, 2.75) is 18.3 Å². The molecule has 0 spiro atoms. The molecular weight excluding hydrogens is 292 g/mol. The third kappa shape index (κ3) is 2.16. The van der Waals surface area contributed by atoms with Crippen molar-refractivity contribution >= 4 is 0 Å². The van der Waals surface area contributed by atoms with E-state index in [1.54, 1.807) is 0 Å². The van der Waals surface area contributed by atoms with Gasteiger partial charge in [0.2, 0.25) is 0 Å². The zero-order chi connectivity index (χ0) is 16.0. The molecule has 0 unspecified atom stereocenters. The number of phenols is 4. The molecule has 0 saturated carbocycles.